The van der Waals surface area contributed by atoms with Gasteiger partial charge in [0.15, 0.2) is 0 Å². The molecule has 1 aromatic carbocycles. The van der Waals surface area contributed by atoms with E-state index in [2.05, 4.69) is 10.4 Å². The van der Waals surface area contributed by atoms with E-state index in [1.165, 1.54) is 21.9 Å². The number of hydrogen-bond donors (Lipinski definition) is 1. The Bertz CT molecular complexity index is 939. The molecule has 1 atom stereocenters. The number of carbonyl (C=O) groups excluding carboxylic acids is 1. The first kappa shape index (κ1) is 20.2. The first-order chi connectivity index (χ1) is 13.3. The second-order valence-electron chi connectivity index (χ2n) is 6.25. The first-order valence-corrected chi connectivity index (χ1v) is 9.39. The molecule has 0 radical (unpaired) electrons. The van der Waals surface area contributed by atoms with Gasteiger partial charge in [0.2, 0.25) is 0 Å². The zero-order valence-corrected chi connectivity index (χ0v) is 16.5. The number of carboxylic acid groups (broad SMARTS) is 1. The molecule has 0 saturated carbocycles. The van der Waals surface area contributed by atoms with Gasteiger partial charge in [0.05, 0.1) is 16.1 Å². The van der Waals surface area contributed by atoms with Crippen molar-refractivity contribution in [2.24, 2.45) is 0 Å². The highest BCUT2D eigenvalue weighted by Gasteiger charge is 2.32. The van der Waals surface area contributed by atoms with E-state index in [4.69, 9.17) is 23.2 Å². The zero-order chi connectivity index (χ0) is 20.4. The van der Waals surface area contributed by atoms with Crippen LogP contribution in [-0.4, -0.2) is 72.5 Å². The van der Waals surface area contributed by atoms with Gasteiger partial charge < -0.3 is 14.9 Å². The van der Waals surface area contributed by atoms with E-state index in [0.717, 1.165) is 4.68 Å². The molecule has 12 heteroatoms. The van der Waals surface area contributed by atoms with Crippen molar-refractivity contribution in [2.45, 2.75) is 25.8 Å². The van der Waals surface area contributed by atoms with Gasteiger partial charge in [-0.05, 0) is 42.3 Å². The summed E-state index contributed by atoms with van der Waals surface area (Å²) >= 11 is 12.2. The molecule has 2 amide bonds. The number of rotatable bonds is 3. The molecule has 3 rings (SSSR count). The van der Waals surface area contributed by atoms with Crippen LogP contribution in [0.25, 0.3) is 5.69 Å². The van der Waals surface area contributed by atoms with Crippen LogP contribution in [0.15, 0.2) is 23.0 Å². The van der Waals surface area contributed by atoms with Gasteiger partial charge in [-0.3, -0.25) is 0 Å². The number of likely N-dealkylation sites (N-methyl/N-ethyl adjacent to an activating group) is 1. The van der Waals surface area contributed by atoms with E-state index >= 15 is 0 Å². The minimum absolute atomic E-state index is 0.132. The summed E-state index contributed by atoms with van der Waals surface area (Å²) in [5.74, 6) is 0. The molecule has 0 aliphatic carbocycles. The molecule has 10 nitrogen and oxygen atoms in total. The van der Waals surface area contributed by atoms with Crippen LogP contribution >= 0.6 is 23.2 Å². The van der Waals surface area contributed by atoms with Gasteiger partial charge in [-0.25, -0.2) is 14.4 Å². The molecule has 150 valence electrons. The van der Waals surface area contributed by atoms with E-state index in [9.17, 15) is 19.5 Å². The van der Waals surface area contributed by atoms with Gasteiger partial charge in [-0.1, -0.05) is 29.3 Å². The number of nitrogens with zero attached hydrogens (tertiary/aromatic N) is 6. The van der Waals surface area contributed by atoms with Crippen molar-refractivity contribution >= 4 is 35.3 Å². The molecule has 1 aliphatic rings. The number of carbonyl (C=O) groups is 2. The molecule has 1 aliphatic heterocycles. The fourth-order valence-electron chi connectivity index (χ4n) is 3.25. The van der Waals surface area contributed by atoms with Gasteiger partial charge in [0.1, 0.15) is 5.69 Å². The molecule has 2 aromatic rings. The van der Waals surface area contributed by atoms with Crippen molar-refractivity contribution in [3.63, 3.8) is 0 Å². The maximum Gasteiger partial charge on any atom is 0.407 e. The van der Waals surface area contributed by atoms with Gasteiger partial charge in [0, 0.05) is 19.6 Å². The summed E-state index contributed by atoms with van der Waals surface area (Å²) < 4.78 is 1.49. The lowest BCUT2D eigenvalue weighted by Crippen LogP contribution is -2.53. The first-order valence-electron chi connectivity index (χ1n) is 8.63. The second kappa shape index (κ2) is 8.19. The predicted octanol–water partition coefficient (Wildman–Crippen LogP) is 2.17. The Hall–Kier alpha value is -2.59. The number of para-hydroxylation sites is 1. The third-order valence-electron chi connectivity index (χ3n) is 4.61. The molecule has 1 fully saturated rings. The third kappa shape index (κ3) is 3.69. The number of benzene rings is 1. The van der Waals surface area contributed by atoms with Gasteiger partial charge >= 0.3 is 17.8 Å². The highest BCUT2D eigenvalue weighted by Crippen LogP contribution is 2.26. The maximum atomic E-state index is 12.9. The molecular weight excluding hydrogens is 411 g/mol. The highest BCUT2D eigenvalue weighted by atomic mass is 35.5. The molecule has 0 spiro atoms. The van der Waals surface area contributed by atoms with Crippen LogP contribution in [0.5, 0.6) is 0 Å². The Labute approximate surface area is 169 Å². The molecular formula is C16H18Cl2N6O4. The summed E-state index contributed by atoms with van der Waals surface area (Å²) in [7, 11) is 0. The fraction of sp³-hybridized carbons (Fsp3) is 0.438. The molecule has 1 aromatic heterocycles. The SMILES string of the molecule is CCN(C(=O)n1nnn(-c2c(Cl)cccc2Cl)c1=O)C1CCCN(C(=O)O)C1. The fourth-order valence-corrected chi connectivity index (χ4v) is 3.81. The number of hydrogen-bond acceptors (Lipinski definition) is 5. The third-order valence-corrected chi connectivity index (χ3v) is 5.22. The van der Waals surface area contributed by atoms with Crippen molar-refractivity contribution in [3.8, 4) is 5.69 Å². The Morgan fingerprint density at radius 1 is 1.29 bits per heavy atom. The number of aromatic nitrogens is 4. The van der Waals surface area contributed by atoms with Gasteiger partial charge in [0.25, 0.3) is 0 Å². The summed E-state index contributed by atoms with van der Waals surface area (Å²) in [5, 5.41) is 17.0. The van der Waals surface area contributed by atoms with E-state index in [-0.39, 0.29) is 34.9 Å². The summed E-state index contributed by atoms with van der Waals surface area (Å²) in [6.07, 6.45) is 0.213. The van der Waals surface area contributed by atoms with E-state index < -0.39 is 17.8 Å². The second-order valence-corrected chi connectivity index (χ2v) is 7.06. The number of piperidine rings is 1. The smallest absolute Gasteiger partial charge is 0.407 e. The van der Waals surface area contributed by atoms with Crippen LogP contribution in [0.2, 0.25) is 10.0 Å². The number of likely N-dealkylation sites (tertiary alicyclic amines) is 1. The number of tetrazole rings is 1. The predicted molar refractivity (Wildman–Crippen MR) is 101 cm³/mol. The van der Waals surface area contributed by atoms with Crippen molar-refractivity contribution in [1.29, 1.82) is 0 Å². The Balaban J connectivity index is 1.91. The topological polar surface area (TPSA) is 114 Å². The Morgan fingerprint density at radius 2 is 1.96 bits per heavy atom. The number of amides is 2. The van der Waals surface area contributed by atoms with Gasteiger partial charge in [-0.15, -0.1) is 4.68 Å². The van der Waals surface area contributed by atoms with Crippen molar-refractivity contribution in [1.82, 2.24) is 29.6 Å². The van der Waals surface area contributed by atoms with Crippen LogP contribution in [0.4, 0.5) is 9.59 Å². The normalized spacial score (nSPS) is 16.8. The Morgan fingerprint density at radius 3 is 2.57 bits per heavy atom. The summed E-state index contributed by atoms with van der Waals surface area (Å²) in [6.45, 7) is 2.62. The van der Waals surface area contributed by atoms with Crippen LogP contribution in [0.3, 0.4) is 0 Å². The summed E-state index contributed by atoms with van der Waals surface area (Å²) in [6, 6.07) is 3.65. The van der Waals surface area contributed by atoms with E-state index in [1.807, 2.05) is 0 Å². The molecule has 1 unspecified atom stereocenters. The monoisotopic (exact) mass is 428 g/mol. The van der Waals surface area contributed by atoms with Crippen LogP contribution in [-0.2, 0) is 0 Å². The zero-order valence-electron chi connectivity index (χ0n) is 15.0. The van der Waals surface area contributed by atoms with Crippen molar-refractivity contribution in [3.05, 3.63) is 38.7 Å². The quantitative estimate of drug-likeness (QED) is 0.749. The highest BCUT2D eigenvalue weighted by molar-refractivity contribution is 6.37. The standard InChI is InChI=1S/C16H18Cl2N6O4/c1-2-22(10-5-4-8-21(9-10)16(27)28)14(25)24-15(26)23(19-20-24)13-11(17)6-3-7-12(13)18/h3,6-7,10H,2,4-5,8-9H2,1H3,(H,27,28). The van der Waals surface area contributed by atoms with Crippen LogP contribution in [0, 0.1) is 0 Å². The minimum atomic E-state index is -1.04. The van der Waals surface area contributed by atoms with Crippen LogP contribution < -0.4 is 5.69 Å². The lowest BCUT2D eigenvalue weighted by Gasteiger charge is -2.37. The lowest BCUT2D eigenvalue weighted by molar-refractivity contribution is 0.0968. The lowest BCUT2D eigenvalue weighted by atomic mass is 10.0. The molecule has 1 saturated heterocycles. The largest absolute Gasteiger partial charge is 0.465 e. The minimum Gasteiger partial charge on any atom is -0.465 e. The van der Waals surface area contributed by atoms with Crippen LogP contribution in [0.1, 0.15) is 19.8 Å². The average Bonchev–Trinajstić information content (AvgIpc) is 3.03. The van der Waals surface area contributed by atoms with Gasteiger partial charge in [-0.2, -0.15) is 4.68 Å². The number of halogens is 2. The molecule has 1 N–H and O–H groups in total. The van der Waals surface area contributed by atoms with Crippen molar-refractivity contribution in [2.75, 3.05) is 19.6 Å². The van der Waals surface area contributed by atoms with E-state index in [0.29, 0.717) is 24.1 Å². The van der Waals surface area contributed by atoms with E-state index in [1.54, 1.807) is 13.0 Å². The molecule has 28 heavy (non-hydrogen) atoms. The average molecular weight is 429 g/mol. The van der Waals surface area contributed by atoms with Crippen molar-refractivity contribution < 1.29 is 14.7 Å². The summed E-state index contributed by atoms with van der Waals surface area (Å²) in [4.78, 5) is 39.6. The summed E-state index contributed by atoms with van der Waals surface area (Å²) in [5.41, 5.74) is -0.683. The molecule has 2 heterocycles. The maximum absolute atomic E-state index is 12.9. The molecule has 0 bridgehead atoms. The Kier molecular flexibility index (Phi) is 5.90.